The van der Waals surface area contributed by atoms with Gasteiger partial charge in [-0.2, -0.15) is 0 Å². The Morgan fingerprint density at radius 2 is 1.79 bits per heavy atom. The zero-order valence-electron chi connectivity index (χ0n) is 17.5. The summed E-state index contributed by atoms with van der Waals surface area (Å²) in [6.45, 7) is 5.61. The summed E-state index contributed by atoms with van der Waals surface area (Å²) in [6, 6.07) is 12.5. The van der Waals surface area contributed by atoms with Gasteiger partial charge in [-0.1, -0.05) is 30.7 Å². The molecule has 2 aromatic rings. The third-order valence-corrected chi connectivity index (χ3v) is 4.74. The smallest absolute Gasteiger partial charge is 0.317 e. The Kier molecular flexibility index (Phi) is 8.34. The zero-order valence-corrected chi connectivity index (χ0v) is 18.2. The Labute approximate surface area is 177 Å². The van der Waals surface area contributed by atoms with E-state index in [0.29, 0.717) is 35.9 Å². The molecule has 6 nitrogen and oxygen atoms in total. The van der Waals surface area contributed by atoms with Gasteiger partial charge in [0, 0.05) is 45.1 Å². The minimum atomic E-state index is -0.270. The molecule has 0 radical (unpaired) electrons. The van der Waals surface area contributed by atoms with Gasteiger partial charge in [-0.05, 0) is 49.2 Å². The average molecular weight is 417 g/mol. The number of urea groups is 1. The molecule has 7 heteroatoms. The quantitative estimate of drug-likeness (QED) is 0.660. The van der Waals surface area contributed by atoms with Crippen LogP contribution in [0.25, 0.3) is 0 Å². The molecule has 3 amide bonds. The van der Waals surface area contributed by atoms with E-state index in [9.17, 15) is 9.59 Å². The van der Waals surface area contributed by atoms with Crippen LogP contribution in [-0.2, 0) is 6.54 Å². The number of anilines is 2. The van der Waals surface area contributed by atoms with Gasteiger partial charge >= 0.3 is 6.03 Å². The second-order valence-corrected chi connectivity index (χ2v) is 7.34. The summed E-state index contributed by atoms with van der Waals surface area (Å²) in [5.41, 5.74) is 3.02. The summed E-state index contributed by atoms with van der Waals surface area (Å²) in [7, 11) is 3.91. The minimum Gasteiger partial charge on any atom is -0.377 e. The fourth-order valence-corrected chi connectivity index (χ4v) is 3.28. The van der Waals surface area contributed by atoms with Crippen LogP contribution in [-0.4, -0.2) is 44.0 Å². The van der Waals surface area contributed by atoms with Crippen LogP contribution in [0.5, 0.6) is 0 Å². The van der Waals surface area contributed by atoms with Crippen molar-refractivity contribution in [3.8, 4) is 0 Å². The van der Waals surface area contributed by atoms with Crippen molar-refractivity contribution < 1.29 is 9.59 Å². The predicted molar refractivity (Wildman–Crippen MR) is 120 cm³/mol. The Balaban J connectivity index is 2.29. The molecule has 0 bridgehead atoms. The molecule has 0 spiro atoms. The van der Waals surface area contributed by atoms with E-state index >= 15 is 0 Å². The fourth-order valence-electron chi connectivity index (χ4n) is 3.06. The van der Waals surface area contributed by atoms with Crippen molar-refractivity contribution in [3.05, 3.63) is 58.6 Å². The third-order valence-electron chi connectivity index (χ3n) is 4.41. The van der Waals surface area contributed by atoms with E-state index in [-0.39, 0.29) is 11.9 Å². The van der Waals surface area contributed by atoms with Gasteiger partial charge in [-0.15, -0.1) is 0 Å². The number of nitrogens with one attached hydrogen (secondary N) is 2. The van der Waals surface area contributed by atoms with E-state index in [1.54, 1.807) is 29.2 Å². The topological polar surface area (TPSA) is 64.7 Å². The number of halogens is 1. The van der Waals surface area contributed by atoms with Crippen LogP contribution in [0.4, 0.5) is 16.2 Å². The Hall–Kier alpha value is -2.73. The van der Waals surface area contributed by atoms with Crippen molar-refractivity contribution in [2.45, 2.75) is 26.8 Å². The number of hydrogen-bond acceptors (Lipinski definition) is 3. The van der Waals surface area contributed by atoms with E-state index in [1.807, 2.05) is 51.0 Å². The average Bonchev–Trinajstić information content (AvgIpc) is 2.68. The van der Waals surface area contributed by atoms with Crippen LogP contribution >= 0.6 is 11.6 Å². The molecule has 0 fully saturated rings. The molecule has 0 aliphatic carbocycles. The normalized spacial score (nSPS) is 10.4. The highest BCUT2D eigenvalue weighted by Gasteiger charge is 2.17. The standard InChI is InChI=1S/C22H29ClN4O2/c1-5-13-27(22(29)24-6-2)15-16-14-17(11-12-20(16)26(3)4)25-21(28)18-9-7-8-10-19(18)23/h7-12,14H,5-6,13,15H2,1-4H3,(H,24,29)(H,25,28). The maximum absolute atomic E-state index is 12.6. The second-order valence-electron chi connectivity index (χ2n) is 6.93. The van der Waals surface area contributed by atoms with E-state index in [0.717, 1.165) is 17.7 Å². The highest BCUT2D eigenvalue weighted by atomic mass is 35.5. The molecular weight excluding hydrogens is 388 g/mol. The van der Waals surface area contributed by atoms with E-state index in [2.05, 4.69) is 10.6 Å². The van der Waals surface area contributed by atoms with E-state index < -0.39 is 0 Å². The Morgan fingerprint density at radius 1 is 1.07 bits per heavy atom. The fraction of sp³-hybridized carbons (Fsp3) is 0.364. The molecule has 29 heavy (non-hydrogen) atoms. The van der Waals surface area contributed by atoms with Gasteiger partial charge in [0.25, 0.3) is 5.91 Å². The van der Waals surface area contributed by atoms with Crippen LogP contribution in [0.1, 0.15) is 36.2 Å². The lowest BCUT2D eigenvalue weighted by atomic mass is 10.1. The molecule has 0 aliphatic heterocycles. The molecule has 0 heterocycles. The largest absolute Gasteiger partial charge is 0.377 e. The number of carbonyl (C=O) groups is 2. The van der Waals surface area contributed by atoms with Crippen molar-refractivity contribution in [1.29, 1.82) is 0 Å². The summed E-state index contributed by atoms with van der Waals surface area (Å²) >= 11 is 6.13. The first kappa shape index (κ1) is 22.6. The van der Waals surface area contributed by atoms with Gasteiger partial charge < -0.3 is 20.4 Å². The molecular formula is C22H29ClN4O2. The molecule has 0 saturated heterocycles. The van der Waals surface area contributed by atoms with Crippen LogP contribution < -0.4 is 15.5 Å². The van der Waals surface area contributed by atoms with Gasteiger partial charge in [0.05, 0.1) is 10.6 Å². The highest BCUT2D eigenvalue weighted by Crippen LogP contribution is 2.26. The van der Waals surface area contributed by atoms with Crippen LogP contribution in [0, 0.1) is 0 Å². The zero-order chi connectivity index (χ0) is 21.4. The summed E-state index contributed by atoms with van der Waals surface area (Å²) in [6.07, 6.45) is 0.858. The number of hydrogen-bond donors (Lipinski definition) is 2. The maximum atomic E-state index is 12.6. The number of benzene rings is 2. The molecule has 0 unspecified atom stereocenters. The minimum absolute atomic E-state index is 0.0930. The lowest BCUT2D eigenvalue weighted by Crippen LogP contribution is -2.40. The monoisotopic (exact) mass is 416 g/mol. The first-order chi connectivity index (χ1) is 13.9. The number of carbonyl (C=O) groups excluding carboxylic acids is 2. The highest BCUT2D eigenvalue weighted by molar-refractivity contribution is 6.34. The summed E-state index contributed by atoms with van der Waals surface area (Å²) in [5.74, 6) is -0.270. The SMILES string of the molecule is CCCN(Cc1cc(NC(=O)c2ccccc2Cl)ccc1N(C)C)C(=O)NCC. The van der Waals surface area contributed by atoms with E-state index in [4.69, 9.17) is 11.6 Å². The van der Waals surface area contributed by atoms with Crippen LogP contribution in [0.15, 0.2) is 42.5 Å². The van der Waals surface area contributed by atoms with E-state index in [1.165, 1.54) is 0 Å². The molecule has 2 rings (SSSR count). The Morgan fingerprint density at radius 3 is 2.41 bits per heavy atom. The van der Waals surface area contributed by atoms with Crippen LogP contribution in [0.2, 0.25) is 5.02 Å². The lowest BCUT2D eigenvalue weighted by Gasteiger charge is -2.26. The van der Waals surface area contributed by atoms with Crippen molar-refractivity contribution in [2.75, 3.05) is 37.4 Å². The lowest BCUT2D eigenvalue weighted by molar-refractivity contribution is 0.102. The predicted octanol–water partition coefficient (Wildman–Crippen LogP) is 4.60. The molecule has 0 saturated carbocycles. The van der Waals surface area contributed by atoms with Gasteiger partial charge in [0.1, 0.15) is 0 Å². The first-order valence-electron chi connectivity index (χ1n) is 9.76. The number of rotatable bonds is 8. The Bertz CT molecular complexity index is 854. The molecule has 156 valence electrons. The van der Waals surface area contributed by atoms with Gasteiger partial charge in [0.15, 0.2) is 0 Å². The summed E-state index contributed by atoms with van der Waals surface area (Å²) < 4.78 is 0. The number of amides is 3. The van der Waals surface area contributed by atoms with Gasteiger partial charge in [-0.3, -0.25) is 4.79 Å². The van der Waals surface area contributed by atoms with Gasteiger partial charge in [0.2, 0.25) is 0 Å². The maximum Gasteiger partial charge on any atom is 0.317 e. The molecule has 0 aromatic heterocycles. The summed E-state index contributed by atoms with van der Waals surface area (Å²) in [5, 5.41) is 6.17. The summed E-state index contributed by atoms with van der Waals surface area (Å²) in [4.78, 5) is 28.8. The number of nitrogens with zero attached hydrogens (tertiary/aromatic N) is 2. The van der Waals surface area contributed by atoms with Crippen molar-refractivity contribution in [1.82, 2.24) is 10.2 Å². The van der Waals surface area contributed by atoms with Crippen molar-refractivity contribution in [3.63, 3.8) is 0 Å². The molecule has 2 N–H and O–H groups in total. The van der Waals surface area contributed by atoms with Crippen LogP contribution in [0.3, 0.4) is 0 Å². The molecule has 0 aliphatic rings. The van der Waals surface area contributed by atoms with Gasteiger partial charge in [-0.25, -0.2) is 4.79 Å². The van der Waals surface area contributed by atoms with Crippen molar-refractivity contribution in [2.24, 2.45) is 0 Å². The second kappa shape index (κ2) is 10.7. The third kappa shape index (κ3) is 6.12. The van der Waals surface area contributed by atoms with Crippen molar-refractivity contribution >= 4 is 34.9 Å². The first-order valence-corrected chi connectivity index (χ1v) is 10.1. The molecule has 0 atom stereocenters. The molecule has 2 aromatic carbocycles.